The maximum atomic E-state index is 11.9. The van der Waals surface area contributed by atoms with Crippen LogP contribution in [-0.2, 0) is 10.2 Å². The highest BCUT2D eigenvalue weighted by Crippen LogP contribution is 2.26. The fraction of sp³-hybridized carbons (Fsp3) is 0.316. The van der Waals surface area contributed by atoms with Crippen LogP contribution >= 0.6 is 0 Å². The molecule has 0 aliphatic carbocycles. The Labute approximate surface area is 137 Å². The highest BCUT2D eigenvalue weighted by atomic mass is 16.6. The Balaban J connectivity index is 1.92. The normalized spacial score (nSPS) is 11.0. The average molecular weight is 314 g/mol. The lowest BCUT2D eigenvalue weighted by atomic mass is 9.87. The van der Waals surface area contributed by atoms with Gasteiger partial charge in [-0.3, -0.25) is 0 Å². The molecule has 0 saturated heterocycles. The number of hydrogen-bond acceptors (Lipinski definition) is 4. The molecule has 0 atom stereocenters. The van der Waals surface area contributed by atoms with Crippen molar-refractivity contribution >= 4 is 5.97 Å². The molecule has 4 nitrogen and oxygen atoms in total. The van der Waals surface area contributed by atoms with E-state index in [0.717, 1.165) is 0 Å². The van der Waals surface area contributed by atoms with Crippen molar-refractivity contribution < 1.29 is 19.0 Å². The molecule has 2 aromatic carbocycles. The molecular formula is C19H22O4. The summed E-state index contributed by atoms with van der Waals surface area (Å²) in [6, 6.07) is 14.7. The van der Waals surface area contributed by atoms with Crippen molar-refractivity contribution in [3.63, 3.8) is 0 Å². The molecule has 0 unspecified atom stereocenters. The summed E-state index contributed by atoms with van der Waals surface area (Å²) < 4.78 is 15.8. The number of para-hydroxylation sites is 2. The van der Waals surface area contributed by atoms with E-state index in [1.165, 1.54) is 12.7 Å². The fourth-order valence-corrected chi connectivity index (χ4v) is 2.05. The first-order chi connectivity index (χ1) is 10.9. The van der Waals surface area contributed by atoms with Crippen LogP contribution in [0.3, 0.4) is 0 Å². The molecule has 0 saturated carbocycles. The van der Waals surface area contributed by atoms with E-state index in [0.29, 0.717) is 17.2 Å². The highest BCUT2D eigenvalue weighted by Gasteiger charge is 2.14. The quantitative estimate of drug-likeness (QED) is 0.618. The van der Waals surface area contributed by atoms with Crippen molar-refractivity contribution in [3.05, 3.63) is 54.1 Å². The summed E-state index contributed by atoms with van der Waals surface area (Å²) in [5.74, 6) is 1.05. The molecule has 0 bridgehead atoms. The van der Waals surface area contributed by atoms with Crippen LogP contribution < -0.4 is 14.2 Å². The zero-order valence-corrected chi connectivity index (χ0v) is 14.0. The van der Waals surface area contributed by atoms with E-state index in [-0.39, 0.29) is 12.0 Å². The molecule has 122 valence electrons. The Bertz CT molecular complexity index is 654. The van der Waals surface area contributed by atoms with Gasteiger partial charge in [0, 0.05) is 0 Å². The van der Waals surface area contributed by atoms with Crippen LogP contribution in [0.25, 0.3) is 0 Å². The summed E-state index contributed by atoms with van der Waals surface area (Å²) in [5, 5.41) is 0. The van der Waals surface area contributed by atoms with E-state index in [1.54, 1.807) is 18.2 Å². The fourth-order valence-electron chi connectivity index (χ4n) is 2.05. The van der Waals surface area contributed by atoms with Crippen molar-refractivity contribution in [3.8, 4) is 17.2 Å². The van der Waals surface area contributed by atoms with Gasteiger partial charge in [0.2, 0.25) is 0 Å². The third kappa shape index (κ3) is 4.74. The highest BCUT2D eigenvalue weighted by molar-refractivity contribution is 5.74. The molecule has 4 heteroatoms. The third-order valence-electron chi connectivity index (χ3n) is 3.37. The van der Waals surface area contributed by atoms with E-state index in [9.17, 15) is 4.79 Å². The van der Waals surface area contributed by atoms with E-state index >= 15 is 0 Å². The summed E-state index contributed by atoms with van der Waals surface area (Å²) in [4.78, 5) is 11.9. The van der Waals surface area contributed by atoms with Crippen LogP contribution in [0, 0.1) is 0 Å². The minimum atomic E-state index is -0.477. The monoisotopic (exact) mass is 314 g/mol. The molecule has 0 fully saturated rings. The number of hydrogen-bond donors (Lipinski definition) is 0. The van der Waals surface area contributed by atoms with Crippen LogP contribution in [0.1, 0.15) is 26.3 Å². The molecule has 0 N–H and O–H groups in total. The molecule has 0 spiro atoms. The van der Waals surface area contributed by atoms with Gasteiger partial charge in [-0.05, 0) is 35.2 Å². The van der Waals surface area contributed by atoms with Gasteiger partial charge in [0.1, 0.15) is 5.75 Å². The zero-order chi connectivity index (χ0) is 16.9. The van der Waals surface area contributed by atoms with Crippen molar-refractivity contribution in [1.82, 2.24) is 0 Å². The minimum Gasteiger partial charge on any atom is -0.493 e. The summed E-state index contributed by atoms with van der Waals surface area (Å²) in [7, 11) is 1.53. The first-order valence-corrected chi connectivity index (χ1v) is 7.47. The smallest absolute Gasteiger partial charge is 0.349 e. The summed E-state index contributed by atoms with van der Waals surface area (Å²) in [5.41, 5.74) is 1.29. The van der Waals surface area contributed by atoms with Crippen LogP contribution in [0.2, 0.25) is 0 Å². The maximum absolute atomic E-state index is 11.9. The molecular weight excluding hydrogens is 292 g/mol. The number of carbonyl (C=O) groups excluding carboxylic acids is 1. The number of benzene rings is 2. The van der Waals surface area contributed by atoms with Crippen molar-refractivity contribution in [2.45, 2.75) is 26.2 Å². The number of rotatable bonds is 5. The van der Waals surface area contributed by atoms with Gasteiger partial charge in [-0.15, -0.1) is 0 Å². The standard InChI is InChI=1S/C19H22O4/c1-19(2,3)14-9-11-15(12-10-14)22-13-18(20)23-17-8-6-5-7-16(17)21-4/h5-12H,13H2,1-4H3. The third-order valence-corrected chi connectivity index (χ3v) is 3.37. The summed E-state index contributed by atoms with van der Waals surface area (Å²) >= 11 is 0. The van der Waals surface area contributed by atoms with Crippen molar-refractivity contribution in [2.75, 3.05) is 13.7 Å². The van der Waals surface area contributed by atoms with Crippen molar-refractivity contribution in [2.24, 2.45) is 0 Å². The van der Waals surface area contributed by atoms with Crippen LogP contribution in [-0.4, -0.2) is 19.7 Å². The predicted octanol–water partition coefficient (Wildman–Crippen LogP) is 3.98. The lowest BCUT2D eigenvalue weighted by Crippen LogP contribution is -2.18. The van der Waals surface area contributed by atoms with Gasteiger partial charge in [0.25, 0.3) is 0 Å². The van der Waals surface area contributed by atoms with Gasteiger partial charge in [-0.25, -0.2) is 4.79 Å². The Morgan fingerprint density at radius 1 is 0.957 bits per heavy atom. The predicted molar refractivity (Wildman–Crippen MR) is 89.3 cm³/mol. The summed E-state index contributed by atoms with van der Waals surface area (Å²) in [6.07, 6.45) is 0. The molecule has 0 aliphatic rings. The number of methoxy groups -OCH3 is 1. The maximum Gasteiger partial charge on any atom is 0.349 e. The Morgan fingerprint density at radius 3 is 2.13 bits per heavy atom. The van der Waals surface area contributed by atoms with Crippen LogP contribution in [0.15, 0.2) is 48.5 Å². The lowest BCUT2D eigenvalue weighted by Gasteiger charge is -2.19. The van der Waals surface area contributed by atoms with E-state index in [2.05, 4.69) is 20.8 Å². The van der Waals surface area contributed by atoms with E-state index in [4.69, 9.17) is 14.2 Å². The van der Waals surface area contributed by atoms with Crippen LogP contribution in [0.5, 0.6) is 17.2 Å². The summed E-state index contributed by atoms with van der Waals surface area (Å²) in [6.45, 7) is 6.28. The van der Waals surface area contributed by atoms with Gasteiger partial charge in [0.15, 0.2) is 18.1 Å². The molecule has 2 aromatic rings. The molecule has 0 radical (unpaired) electrons. The minimum absolute atomic E-state index is 0.0846. The second-order valence-corrected chi connectivity index (χ2v) is 6.19. The van der Waals surface area contributed by atoms with E-state index in [1.807, 2.05) is 30.3 Å². The second-order valence-electron chi connectivity index (χ2n) is 6.19. The first kappa shape index (κ1) is 16.9. The molecule has 0 aliphatic heterocycles. The van der Waals surface area contributed by atoms with Gasteiger partial charge < -0.3 is 14.2 Å². The second kappa shape index (κ2) is 7.18. The Morgan fingerprint density at radius 2 is 1.57 bits per heavy atom. The van der Waals surface area contributed by atoms with Crippen LogP contribution in [0.4, 0.5) is 0 Å². The van der Waals surface area contributed by atoms with E-state index < -0.39 is 5.97 Å². The molecule has 0 heterocycles. The molecule has 23 heavy (non-hydrogen) atoms. The molecule has 0 amide bonds. The molecule has 0 aromatic heterocycles. The number of esters is 1. The van der Waals surface area contributed by atoms with Gasteiger partial charge >= 0.3 is 5.97 Å². The van der Waals surface area contributed by atoms with Gasteiger partial charge in [0.05, 0.1) is 7.11 Å². The molecule has 2 rings (SSSR count). The zero-order valence-electron chi connectivity index (χ0n) is 14.0. The topological polar surface area (TPSA) is 44.8 Å². The number of carbonyl (C=O) groups is 1. The first-order valence-electron chi connectivity index (χ1n) is 7.47. The Hall–Kier alpha value is -2.49. The van der Waals surface area contributed by atoms with Crippen molar-refractivity contribution in [1.29, 1.82) is 0 Å². The lowest BCUT2D eigenvalue weighted by molar-refractivity contribution is -0.136. The average Bonchev–Trinajstić information content (AvgIpc) is 2.53. The van der Waals surface area contributed by atoms with Gasteiger partial charge in [-0.2, -0.15) is 0 Å². The van der Waals surface area contributed by atoms with Gasteiger partial charge in [-0.1, -0.05) is 45.0 Å². The Kier molecular flexibility index (Phi) is 5.27. The largest absolute Gasteiger partial charge is 0.493 e. The SMILES string of the molecule is COc1ccccc1OC(=O)COc1ccc(C(C)(C)C)cc1. The number of ether oxygens (including phenoxy) is 3.